The molecular weight excluding hydrogens is 252 g/mol. The number of carbonyl (C=O) groups excluding carboxylic acids is 1. The fraction of sp³-hybridized carbons (Fsp3) is 0.333. The Hall–Kier alpha value is -2.30. The molecule has 0 aliphatic rings. The first-order chi connectivity index (χ1) is 9.61. The van der Waals surface area contributed by atoms with Gasteiger partial charge < -0.3 is 14.8 Å². The number of aryl methyl sites for hydroxylation is 1. The SMILES string of the molecule is CCN(C)c1ccc(C(=O)NCc2nccn2C)cc1. The van der Waals surface area contributed by atoms with Gasteiger partial charge in [0.05, 0.1) is 6.54 Å². The molecule has 1 amide bonds. The van der Waals surface area contributed by atoms with E-state index in [1.54, 1.807) is 6.20 Å². The molecule has 0 unspecified atom stereocenters. The summed E-state index contributed by atoms with van der Waals surface area (Å²) in [5, 5.41) is 2.87. The summed E-state index contributed by atoms with van der Waals surface area (Å²) in [6, 6.07) is 7.60. The van der Waals surface area contributed by atoms with Gasteiger partial charge in [-0.3, -0.25) is 4.79 Å². The molecule has 20 heavy (non-hydrogen) atoms. The zero-order valence-electron chi connectivity index (χ0n) is 12.1. The predicted molar refractivity (Wildman–Crippen MR) is 79.8 cm³/mol. The van der Waals surface area contributed by atoms with Gasteiger partial charge in [0.25, 0.3) is 5.91 Å². The van der Waals surface area contributed by atoms with Crippen molar-refractivity contribution in [1.82, 2.24) is 14.9 Å². The molecule has 0 spiro atoms. The lowest BCUT2D eigenvalue weighted by Gasteiger charge is -2.16. The topological polar surface area (TPSA) is 50.2 Å². The quantitative estimate of drug-likeness (QED) is 0.903. The van der Waals surface area contributed by atoms with E-state index in [9.17, 15) is 4.79 Å². The van der Waals surface area contributed by atoms with Crippen molar-refractivity contribution in [3.05, 3.63) is 48.0 Å². The number of nitrogens with zero attached hydrogens (tertiary/aromatic N) is 3. The molecule has 0 aliphatic carbocycles. The standard InChI is InChI=1S/C15H20N4O/c1-4-18(2)13-7-5-12(6-8-13)15(20)17-11-14-16-9-10-19(14)3/h5-10H,4,11H2,1-3H3,(H,17,20). The van der Waals surface area contributed by atoms with Crippen LogP contribution in [0.4, 0.5) is 5.69 Å². The Bertz CT molecular complexity index is 574. The lowest BCUT2D eigenvalue weighted by molar-refractivity contribution is 0.0949. The summed E-state index contributed by atoms with van der Waals surface area (Å²) in [6.45, 7) is 3.46. The van der Waals surface area contributed by atoms with Crippen LogP contribution in [0.3, 0.4) is 0 Å². The van der Waals surface area contributed by atoms with E-state index < -0.39 is 0 Å². The Morgan fingerprint density at radius 3 is 2.60 bits per heavy atom. The Kier molecular flexibility index (Phi) is 4.40. The van der Waals surface area contributed by atoms with Crippen LogP contribution in [0.25, 0.3) is 0 Å². The van der Waals surface area contributed by atoms with Gasteiger partial charge in [-0.25, -0.2) is 4.98 Å². The average Bonchev–Trinajstić information content (AvgIpc) is 2.89. The van der Waals surface area contributed by atoms with E-state index in [-0.39, 0.29) is 5.91 Å². The first-order valence-electron chi connectivity index (χ1n) is 6.67. The van der Waals surface area contributed by atoms with E-state index >= 15 is 0 Å². The van der Waals surface area contributed by atoms with E-state index in [0.29, 0.717) is 12.1 Å². The zero-order chi connectivity index (χ0) is 14.5. The lowest BCUT2D eigenvalue weighted by atomic mass is 10.2. The van der Waals surface area contributed by atoms with E-state index in [2.05, 4.69) is 22.1 Å². The lowest BCUT2D eigenvalue weighted by Crippen LogP contribution is -2.24. The van der Waals surface area contributed by atoms with Crippen molar-refractivity contribution < 1.29 is 4.79 Å². The van der Waals surface area contributed by atoms with Crippen molar-refractivity contribution in [3.8, 4) is 0 Å². The minimum Gasteiger partial charge on any atom is -0.375 e. The molecule has 106 valence electrons. The maximum absolute atomic E-state index is 12.0. The van der Waals surface area contributed by atoms with Crippen LogP contribution in [0.5, 0.6) is 0 Å². The van der Waals surface area contributed by atoms with Gasteiger partial charge in [0.1, 0.15) is 5.82 Å². The highest BCUT2D eigenvalue weighted by molar-refractivity contribution is 5.94. The van der Waals surface area contributed by atoms with E-state index in [4.69, 9.17) is 0 Å². The molecule has 0 saturated heterocycles. The van der Waals surface area contributed by atoms with Crippen LogP contribution >= 0.6 is 0 Å². The number of hydrogen-bond acceptors (Lipinski definition) is 3. The third-order valence-electron chi connectivity index (χ3n) is 3.37. The van der Waals surface area contributed by atoms with Gasteiger partial charge in [0.2, 0.25) is 0 Å². The number of hydrogen-bond donors (Lipinski definition) is 1. The highest BCUT2D eigenvalue weighted by Crippen LogP contribution is 2.13. The molecule has 0 aliphatic heterocycles. The second-order valence-electron chi connectivity index (χ2n) is 4.70. The molecule has 0 bridgehead atoms. The van der Waals surface area contributed by atoms with Crippen LogP contribution in [0.2, 0.25) is 0 Å². The number of aromatic nitrogens is 2. The molecule has 0 atom stereocenters. The van der Waals surface area contributed by atoms with Crippen LogP contribution < -0.4 is 10.2 Å². The van der Waals surface area contributed by atoms with Gasteiger partial charge >= 0.3 is 0 Å². The monoisotopic (exact) mass is 272 g/mol. The van der Waals surface area contributed by atoms with Gasteiger partial charge in [0, 0.05) is 44.3 Å². The second kappa shape index (κ2) is 6.23. The number of benzene rings is 1. The van der Waals surface area contributed by atoms with Gasteiger partial charge in [-0.05, 0) is 31.2 Å². The van der Waals surface area contributed by atoms with Gasteiger partial charge in [-0.1, -0.05) is 0 Å². The van der Waals surface area contributed by atoms with Crippen molar-refractivity contribution in [2.75, 3.05) is 18.5 Å². The maximum atomic E-state index is 12.0. The molecule has 2 aromatic rings. The van der Waals surface area contributed by atoms with Gasteiger partial charge in [0.15, 0.2) is 0 Å². The molecule has 0 fully saturated rings. The van der Waals surface area contributed by atoms with E-state index in [1.807, 2.05) is 49.1 Å². The first kappa shape index (κ1) is 14.1. The fourth-order valence-electron chi connectivity index (χ4n) is 1.88. The maximum Gasteiger partial charge on any atom is 0.251 e. The van der Waals surface area contributed by atoms with Crippen molar-refractivity contribution in [2.45, 2.75) is 13.5 Å². The Morgan fingerprint density at radius 1 is 1.35 bits per heavy atom. The van der Waals surface area contributed by atoms with Crippen LogP contribution in [0.1, 0.15) is 23.1 Å². The second-order valence-corrected chi connectivity index (χ2v) is 4.70. The molecule has 1 aromatic carbocycles. The number of imidazole rings is 1. The largest absolute Gasteiger partial charge is 0.375 e. The number of amides is 1. The zero-order valence-corrected chi connectivity index (χ0v) is 12.1. The minimum atomic E-state index is -0.0845. The summed E-state index contributed by atoms with van der Waals surface area (Å²) in [6.07, 6.45) is 3.58. The third-order valence-corrected chi connectivity index (χ3v) is 3.37. The molecule has 0 saturated carbocycles. The Balaban J connectivity index is 1.97. The van der Waals surface area contributed by atoms with Crippen LogP contribution in [0, 0.1) is 0 Å². The molecule has 1 aromatic heterocycles. The third kappa shape index (κ3) is 3.17. The number of anilines is 1. The van der Waals surface area contributed by atoms with Crippen LogP contribution in [0.15, 0.2) is 36.7 Å². The van der Waals surface area contributed by atoms with Crippen molar-refractivity contribution in [1.29, 1.82) is 0 Å². The molecule has 2 rings (SSSR count). The minimum absolute atomic E-state index is 0.0845. The Labute approximate surface area is 119 Å². The fourth-order valence-corrected chi connectivity index (χ4v) is 1.88. The van der Waals surface area contributed by atoms with E-state index in [1.165, 1.54) is 0 Å². The van der Waals surface area contributed by atoms with Crippen molar-refractivity contribution in [2.24, 2.45) is 7.05 Å². The molecule has 5 heteroatoms. The number of rotatable bonds is 5. The summed E-state index contributed by atoms with van der Waals surface area (Å²) in [7, 11) is 3.93. The smallest absolute Gasteiger partial charge is 0.251 e. The number of carbonyl (C=O) groups is 1. The normalized spacial score (nSPS) is 10.3. The number of nitrogens with one attached hydrogen (secondary N) is 1. The van der Waals surface area contributed by atoms with Gasteiger partial charge in [-0.15, -0.1) is 0 Å². The van der Waals surface area contributed by atoms with Crippen LogP contribution in [-0.4, -0.2) is 29.1 Å². The summed E-state index contributed by atoms with van der Waals surface area (Å²) in [5.74, 6) is 0.749. The molecular formula is C15H20N4O. The van der Waals surface area contributed by atoms with Crippen molar-refractivity contribution >= 4 is 11.6 Å². The van der Waals surface area contributed by atoms with Crippen molar-refractivity contribution in [3.63, 3.8) is 0 Å². The molecule has 0 radical (unpaired) electrons. The summed E-state index contributed by atoms with van der Waals surface area (Å²) < 4.78 is 1.89. The Morgan fingerprint density at radius 2 is 2.05 bits per heavy atom. The average molecular weight is 272 g/mol. The predicted octanol–water partition coefficient (Wildman–Crippen LogP) is 1.81. The summed E-state index contributed by atoms with van der Waals surface area (Å²) in [5.41, 5.74) is 1.76. The van der Waals surface area contributed by atoms with Crippen LogP contribution in [-0.2, 0) is 13.6 Å². The van der Waals surface area contributed by atoms with E-state index in [0.717, 1.165) is 18.1 Å². The van der Waals surface area contributed by atoms with Gasteiger partial charge in [-0.2, -0.15) is 0 Å². The molecule has 1 N–H and O–H groups in total. The summed E-state index contributed by atoms with van der Waals surface area (Å²) in [4.78, 5) is 18.3. The molecule has 1 heterocycles. The highest BCUT2D eigenvalue weighted by Gasteiger charge is 2.07. The summed E-state index contributed by atoms with van der Waals surface area (Å²) >= 11 is 0. The first-order valence-corrected chi connectivity index (χ1v) is 6.67. The highest BCUT2D eigenvalue weighted by atomic mass is 16.1. The molecule has 5 nitrogen and oxygen atoms in total.